The fraction of sp³-hybridized carbons (Fsp3) is 0.250. The van der Waals surface area contributed by atoms with E-state index < -0.39 is 20.7 Å². The number of sulfonamides is 1. The number of benzene rings is 1. The Labute approximate surface area is 116 Å². The fourth-order valence-corrected chi connectivity index (χ4v) is 3.10. The van der Waals surface area contributed by atoms with Crippen LogP contribution < -0.4 is 5.73 Å². The summed E-state index contributed by atoms with van der Waals surface area (Å²) in [6.07, 6.45) is 3.10. The molecule has 0 radical (unpaired) electrons. The third-order valence-electron chi connectivity index (χ3n) is 2.86. The van der Waals surface area contributed by atoms with Crippen molar-refractivity contribution in [3.63, 3.8) is 0 Å². The first-order valence-corrected chi connectivity index (χ1v) is 7.26. The second-order valence-electron chi connectivity index (χ2n) is 4.45. The largest absolute Gasteiger partial charge is 0.399 e. The fourth-order valence-electron chi connectivity index (χ4n) is 1.80. The molecular weight excluding hydrogens is 283 g/mol. The van der Waals surface area contributed by atoms with Gasteiger partial charge in [0.15, 0.2) is 0 Å². The minimum Gasteiger partial charge on any atom is -0.399 e. The monoisotopic (exact) mass is 298 g/mol. The number of halogens is 1. The molecule has 3 N–H and O–H groups in total. The molecule has 0 amide bonds. The summed E-state index contributed by atoms with van der Waals surface area (Å²) in [7, 11) is -2.62. The van der Waals surface area contributed by atoms with Crippen LogP contribution >= 0.6 is 0 Å². The highest BCUT2D eigenvalue weighted by Crippen LogP contribution is 2.24. The van der Waals surface area contributed by atoms with Crippen LogP contribution in [-0.2, 0) is 16.6 Å². The second-order valence-corrected chi connectivity index (χ2v) is 6.46. The number of H-pyrrole nitrogens is 1. The molecule has 0 spiro atoms. The van der Waals surface area contributed by atoms with E-state index in [4.69, 9.17) is 5.73 Å². The molecule has 2 aromatic rings. The lowest BCUT2D eigenvalue weighted by atomic mass is 10.2. The first-order chi connectivity index (χ1) is 9.32. The van der Waals surface area contributed by atoms with Crippen LogP contribution in [-0.4, -0.2) is 29.7 Å². The lowest BCUT2D eigenvalue weighted by Crippen LogP contribution is -2.28. The molecule has 6 nitrogen and oxygen atoms in total. The molecule has 8 heteroatoms. The molecule has 1 heterocycles. The van der Waals surface area contributed by atoms with E-state index in [1.165, 1.54) is 26.2 Å². The predicted molar refractivity (Wildman–Crippen MR) is 72.8 cm³/mol. The third-order valence-corrected chi connectivity index (χ3v) is 4.66. The Bertz CT molecular complexity index is 713. The number of hydrogen-bond acceptors (Lipinski definition) is 4. The second kappa shape index (κ2) is 5.22. The summed E-state index contributed by atoms with van der Waals surface area (Å²) in [4.78, 5) is 6.31. The number of anilines is 1. The number of nitrogens with zero attached hydrogens (tertiary/aromatic N) is 2. The van der Waals surface area contributed by atoms with Crippen LogP contribution in [0.5, 0.6) is 0 Å². The maximum absolute atomic E-state index is 14.0. The van der Waals surface area contributed by atoms with Gasteiger partial charge in [-0.1, -0.05) is 0 Å². The van der Waals surface area contributed by atoms with Gasteiger partial charge in [-0.25, -0.2) is 17.8 Å². The minimum atomic E-state index is -3.97. The highest BCUT2D eigenvalue weighted by molar-refractivity contribution is 7.89. The Morgan fingerprint density at radius 1 is 1.45 bits per heavy atom. The topological polar surface area (TPSA) is 92.1 Å². The smallest absolute Gasteiger partial charge is 0.246 e. The summed E-state index contributed by atoms with van der Waals surface area (Å²) in [5, 5.41) is 0. The Hall–Kier alpha value is -1.93. The van der Waals surface area contributed by atoms with Gasteiger partial charge in [0, 0.05) is 25.1 Å². The van der Waals surface area contributed by atoms with Gasteiger partial charge in [-0.3, -0.25) is 0 Å². The minimum absolute atomic E-state index is 0.0165. The van der Waals surface area contributed by atoms with Crippen LogP contribution in [0, 0.1) is 12.7 Å². The maximum Gasteiger partial charge on any atom is 0.246 e. The molecule has 0 atom stereocenters. The van der Waals surface area contributed by atoms with Crippen LogP contribution in [0.1, 0.15) is 11.4 Å². The summed E-state index contributed by atoms with van der Waals surface area (Å²) < 4.78 is 39.8. The predicted octanol–water partition coefficient (Wildman–Crippen LogP) is 1.26. The Balaban J connectivity index is 2.40. The number of aryl methyl sites for hydroxylation is 1. The summed E-state index contributed by atoms with van der Waals surface area (Å²) in [5.41, 5.74) is 5.99. The molecule has 0 aliphatic carbocycles. The average molecular weight is 298 g/mol. The summed E-state index contributed by atoms with van der Waals surface area (Å²) in [6, 6.07) is 2.51. The molecule has 0 aliphatic heterocycles. The van der Waals surface area contributed by atoms with Crippen LogP contribution in [0.3, 0.4) is 0 Å². The van der Waals surface area contributed by atoms with Gasteiger partial charge >= 0.3 is 0 Å². The number of hydrogen-bond donors (Lipinski definition) is 2. The normalized spacial score (nSPS) is 12.0. The molecule has 2 rings (SSSR count). The van der Waals surface area contributed by atoms with E-state index >= 15 is 0 Å². The third kappa shape index (κ3) is 2.66. The van der Waals surface area contributed by atoms with Gasteiger partial charge in [0.1, 0.15) is 16.5 Å². The van der Waals surface area contributed by atoms with E-state index in [9.17, 15) is 12.8 Å². The van der Waals surface area contributed by atoms with Crippen LogP contribution in [0.2, 0.25) is 0 Å². The first kappa shape index (κ1) is 14.5. The van der Waals surface area contributed by atoms with E-state index in [-0.39, 0.29) is 17.8 Å². The van der Waals surface area contributed by atoms with Crippen molar-refractivity contribution in [2.45, 2.75) is 18.4 Å². The average Bonchev–Trinajstić information content (AvgIpc) is 2.86. The van der Waals surface area contributed by atoms with Crippen LogP contribution in [0.25, 0.3) is 0 Å². The molecule has 0 fully saturated rings. The van der Waals surface area contributed by atoms with Crippen molar-refractivity contribution in [2.24, 2.45) is 0 Å². The number of imidazole rings is 1. The Morgan fingerprint density at radius 3 is 2.75 bits per heavy atom. The zero-order valence-electron chi connectivity index (χ0n) is 11.1. The van der Waals surface area contributed by atoms with Gasteiger partial charge in [-0.05, 0) is 24.6 Å². The van der Waals surface area contributed by atoms with E-state index in [1.54, 1.807) is 6.20 Å². The molecule has 0 saturated heterocycles. The van der Waals surface area contributed by atoms with Crippen molar-refractivity contribution in [3.05, 3.63) is 41.7 Å². The van der Waals surface area contributed by atoms with Crippen LogP contribution in [0.15, 0.2) is 29.4 Å². The lowest BCUT2D eigenvalue weighted by Gasteiger charge is -2.17. The van der Waals surface area contributed by atoms with Crippen molar-refractivity contribution in [1.29, 1.82) is 0 Å². The van der Waals surface area contributed by atoms with Gasteiger partial charge in [-0.15, -0.1) is 0 Å². The van der Waals surface area contributed by atoms with E-state index in [0.717, 1.165) is 10.4 Å². The summed E-state index contributed by atoms with van der Waals surface area (Å²) >= 11 is 0. The van der Waals surface area contributed by atoms with E-state index in [2.05, 4.69) is 9.97 Å². The van der Waals surface area contributed by atoms with Gasteiger partial charge in [0.2, 0.25) is 10.0 Å². The van der Waals surface area contributed by atoms with Gasteiger partial charge in [0.25, 0.3) is 0 Å². The van der Waals surface area contributed by atoms with Crippen molar-refractivity contribution < 1.29 is 12.8 Å². The quantitative estimate of drug-likeness (QED) is 0.831. The van der Waals surface area contributed by atoms with Gasteiger partial charge in [-0.2, -0.15) is 4.31 Å². The van der Waals surface area contributed by atoms with Crippen molar-refractivity contribution in [1.82, 2.24) is 14.3 Å². The maximum atomic E-state index is 14.0. The Kier molecular flexibility index (Phi) is 3.78. The molecule has 0 unspecified atom stereocenters. The molecule has 0 bridgehead atoms. The highest BCUT2D eigenvalue weighted by atomic mass is 32.2. The number of nitrogens with two attached hydrogens (primary N) is 1. The van der Waals surface area contributed by atoms with Gasteiger partial charge in [0.05, 0.1) is 6.54 Å². The molecule has 108 valence electrons. The Morgan fingerprint density at radius 2 is 2.15 bits per heavy atom. The zero-order valence-corrected chi connectivity index (χ0v) is 11.9. The zero-order chi connectivity index (χ0) is 14.9. The summed E-state index contributed by atoms with van der Waals surface area (Å²) in [5.74, 6) is -0.317. The molecule has 20 heavy (non-hydrogen) atoms. The molecule has 1 aromatic heterocycles. The van der Waals surface area contributed by atoms with Gasteiger partial charge < -0.3 is 10.7 Å². The summed E-state index contributed by atoms with van der Waals surface area (Å²) in [6.45, 7) is 1.49. The standard InChI is InChI=1S/C12H15FN4O2S/c1-8-5-9(14)6-10(12(8)13)20(18,19)17(2)7-11-15-3-4-16-11/h3-6H,7,14H2,1-2H3,(H,15,16). The number of nitrogens with one attached hydrogen (secondary N) is 1. The lowest BCUT2D eigenvalue weighted by molar-refractivity contribution is 0.451. The van der Waals surface area contributed by atoms with Crippen molar-refractivity contribution in [2.75, 3.05) is 12.8 Å². The molecule has 0 aliphatic rings. The van der Waals surface area contributed by atoms with Crippen LogP contribution in [0.4, 0.5) is 10.1 Å². The molecule has 1 aromatic carbocycles. The highest BCUT2D eigenvalue weighted by Gasteiger charge is 2.26. The first-order valence-electron chi connectivity index (χ1n) is 5.82. The number of rotatable bonds is 4. The number of aromatic amines is 1. The number of aromatic nitrogens is 2. The van der Waals surface area contributed by atoms with E-state index in [1.807, 2.05) is 0 Å². The molecule has 0 saturated carbocycles. The van der Waals surface area contributed by atoms with Crippen molar-refractivity contribution in [3.8, 4) is 0 Å². The molecular formula is C12H15FN4O2S. The van der Waals surface area contributed by atoms with Crippen molar-refractivity contribution >= 4 is 15.7 Å². The van der Waals surface area contributed by atoms with E-state index in [0.29, 0.717) is 5.82 Å². The number of nitrogen functional groups attached to an aromatic ring is 1. The SMILES string of the molecule is Cc1cc(N)cc(S(=O)(=O)N(C)Cc2ncc[nH]2)c1F.